The second-order valence-electron chi connectivity index (χ2n) is 9.84. The molecule has 1 aromatic heterocycles. The van der Waals surface area contributed by atoms with Crippen molar-refractivity contribution < 1.29 is 14.3 Å². The van der Waals surface area contributed by atoms with Crippen molar-refractivity contribution in [1.82, 2.24) is 10.3 Å². The maximum absolute atomic E-state index is 13.1. The molecule has 2 aromatic rings. The van der Waals surface area contributed by atoms with Crippen molar-refractivity contribution in [3.8, 4) is 11.3 Å². The fourth-order valence-corrected chi connectivity index (χ4v) is 7.01. The number of esters is 1. The number of carbonyl (C=O) groups excluding carboxylic acids is 2. The van der Waals surface area contributed by atoms with Crippen LogP contribution in [0.25, 0.3) is 11.3 Å². The van der Waals surface area contributed by atoms with Crippen molar-refractivity contribution in [3.05, 3.63) is 51.6 Å². The second kappa shape index (κ2) is 8.35. The lowest BCUT2D eigenvalue weighted by Crippen LogP contribution is -2.51. The average molecular weight is 473 g/mol. The number of halogens is 2. The van der Waals surface area contributed by atoms with Gasteiger partial charge in [0.1, 0.15) is 0 Å². The Labute approximate surface area is 197 Å². The normalized spacial score (nSPS) is 27.9. The van der Waals surface area contributed by atoms with Gasteiger partial charge in [-0.1, -0.05) is 29.3 Å². The summed E-state index contributed by atoms with van der Waals surface area (Å²) in [6.07, 6.45) is 9.26. The van der Waals surface area contributed by atoms with Gasteiger partial charge in [0.05, 0.1) is 34.0 Å². The van der Waals surface area contributed by atoms with Gasteiger partial charge in [-0.05, 0) is 79.9 Å². The van der Waals surface area contributed by atoms with E-state index < -0.39 is 5.97 Å². The number of hydrogen-bond acceptors (Lipinski definition) is 4. The summed E-state index contributed by atoms with van der Waals surface area (Å²) in [4.78, 5) is 29.7. The number of carbonyl (C=O) groups is 2. The first kappa shape index (κ1) is 21.7. The zero-order valence-corrected chi connectivity index (χ0v) is 19.5. The topological polar surface area (TPSA) is 68.3 Å². The number of nitrogens with zero attached hydrogens (tertiary/aromatic N) is 1. The first-order valence-corrected chi connectivity index (χ1v) is 11.9. The van der Waals surface area contributed by atoms with E-state index in [9.17, 15) is 9.59 Å². The summed E-state index contributed by atoms with van der Waals surface area (Å²) in [5.41, 5.74) is 1.85. The molecule has 4 saturated carbocycles. The van der Waals surface area contributed by atoms with Crippen LogP contribution in [0, 0.1) is 23.2 Å². The molecule has 0 radical (unpaired) electrons. The van der Waals surface area contributed by atoms with E-state index in [2.05, 4.69) is 10.3 Å². The Morgan fingerprint density at radius 1 is 1.06 bits per heavy atom. The Morgan fingerprint density at radius 3 is 2.34 bits per heavy atom. The van der Waals surface area contributed by atoms with Gasteiger partial charge in [-0.15, -0.1) is 0 Å². The molecule has 32 heavy (non-hydrogen) atoms. The van der Waals surface area contributed by atoms with Crippen LogP contribution in [0.4, 0.5) is 0 Å². The van der Waals surface area contributed by atoms with Gasteiger partial charge in [0.25, 0.3) is 5.91 Å². The van der Waals surface area contributed by atoms with E-state index in [1.807, 2.05) is 0 Å². The Morgan fingerprint density at radius 2 is 1.72 bits per heavy atom. The number of benzene rings is 1. The van der Waals surface area contributed by atoms with Crippen molar-refractivity contribution in [3.63, 3.8) is 0 Å². The third-order valence-corrected chi connectivity index (χ3v) is 8.07. The Bertz CT molecular complexity index is 1050. The molecule has 4 aliphatic rings. The molecule has 4 fully saturated rings. The lowest BCUT2D eigenvalue weighted by atomic mass is 9.49. The first-order valence-electron chi connectivity index (χ1n) is 11.2. The molecular formula is C25H26Cl2N2O3. The van der Waals surface area contributed by atoms with Gasteiger partial charge >= 0.3 is 5.97 Å². The summed E-state index contributed by atoms with van der Waals surface area (Å²) in [7, 11) is 1.30. The van der Waals surface area contributed by atoms with E-state index in [1.165, 1.54) is 57.9 Å². The highest BCUT2D eigenvalue weighted by molar-refractivity contribution is 6.34. The Hall–Kier alpha value is -2.11. The summed E-state index contributed by atoms with van der Waals surface area (Å²) in [5.74, 6) is 1.76. The standard InChI is InChI=1S/C25H26Cl2N2O3/c1-32-24(31)20-8-18(26)12-28-22(20)17-2-3-21(27)19(7-17)23(30)29-13-25-9-14-4-15(10-25)6-16(5-14)11-25/h2-3,7-8,12,14-16H,4-6,9-11,13H2,1H3,(H,29,30). The predicted octanol–water partition coefficient (Wildman–Crippen LogP) is 5.79. The maximum Gasteiger partial charge on any atom is 0.340 e. The molecular weight excluding hydrogens is 447 g/mol. The second-order valence-corrected chi connectivity index (χ2v) is 10.7. The van der Waals surface area contributed by atoms with Gasteiger partial charge in [-0.25, -0.2) is 4.79 Å². The van der Waals surface area contributed by atoms with Crippen LogP contribution in [0.15, 0.2) is 30.5 Å². The number of aromatic nitrogens is 1. The lowest BCUT2D eigenvalue weighted by molar-refractivity contribution is -0.0503. The monoisotopic (exact) mass is 472 g/mol. The molecule has 0 unspecified atom stereocenters. The van der Waals surface area contributed by atoms with Crippen LogP contribution >= 0.6 is 23.2 Å². The third kappa shape index (κ3) is 4.01. The van der Waals surface area contributed by atoms with Crippen molar-refractivity contribution in [2.24, 2.45) is 23.2 Å². The number of pyridine rings is 1. The highest BCUT2D eigenvalue weighted by atomic mass is 35.5. The average Bonchev–Trinajstić information content (AvgIpc) is 2.76. The highest BCUT2D eigenvalue weighted by Gasteiger charge is 2.50. The molecule has 5 nitrogen and oxygen atoms in total. The number of ether oxygens (including phenoxy) is 1. The molecule has 168 valence electrons. The van der Waals surface area contributed by atoms with Crippen molar-refractivity contribution in [1.29, 1.82) is 0 Å². The van der Waals surface area contributed by atoms with Crippen molar-refractivity contribution >= 4 is 35.1 Å². The molecule has 0 spiro atoms. The number of methoxy groups -OCH3 is 1. The van der Waals surface area contributed by atoms with E-state index in [-0.39, 0.29) is 16.9 Å². The number of amides is 1. The molecule has 0 aliphatic heterocycles. The minimum absolute atomic E-state index is 0.193. The number of rotatable bonds is 5. The molecule has 6 rings (SSSR count). The lowest BCUT2D eigenvalue weighted by Gasteiger charge is -2.56. The first-order chi connectivity index (χ1) is 15.4. The van der Waals surface area contributed by atoms with E-state index in [0.717, 1.165) is 17.8 Å². The van der Waals surface area contributed by atoms with Gasteiger partial charge in [-0.2, -0.15) is 0 Å². The molecule has 1 amide bonds. The Balaban J connectivity index is 1.38. The summed E-state index contributed by atoms with van der Waals surface area (Å²) in [5, 5.41) is 3.87. The Kier molecular flexibility index (Phi) is 5.67. The van der Waals surface area contributed by atoms with Crippen LogP contribution in [0.2, 0.25) is 10.0 Å². The minimum atomic E-state index is -0.544. The molecule has 4 aliphatic carbocycles. The van der Waals surface area contributed by atoms with Gasteiger partial charge in [-0.3, -0.25) is 9.78 Å². The van der Waals surface area contributed by atoms with E-state index in [0.29, 0.717) is 33.4 Å². The fraction of sp³-hybridized carbons (Fsp3) is 0.480. The third-order valence-electron chi connectivity index (χ3n) is 7.53. The summed E-state index contributed by atoms with van der Waals surface area (Å²) >= 11 is 12.4. The van der Waals surface area contributed by atoms with Crippen molar-refractivity contribution in [2.45, 2.75) is 38.5 Å². The van der Waals surface area contributed by atoms with Crippen LogP contribution in [0.5, 0.6) is 0 Å². The number of hydrogen-bond donors (Lipinski definition) is 1. The van der Waals surface area contributed by atoms with Gasteiger partial charge in [0.2, 0.25) is 0 Å². The molecule has 1 heterocycles. The van der Waals surface area contributed by atoms with Crippen LogP contribution in [0.1, 0.15) is 59.2 Å². The largest absolute Gasteiger partial charge is 0.465 e. The molecule has 0 saturated heterocycles. The van der Waals surface area contributed by atoms with Gasteiger partial charge < -0.3 is 10.1 Å². The van der Waals surface area contributed by atoms with E-state index in [4.69, 9.17) is 27.9 Å². The van der Waals surface area contributed by atoms with Crippen molar-refractivity contribution in [2.75, 3.05) is 13.7 Å². The molecule has 1 aromatic carbocycles. The van der Waals surface area contributed by atoms with Crippen LogP contribution < -0.4 is 5.32 Å². The molecule has 0 atom stereocenters. The molecule has 1 N–H and O–H groups in total. The van der Waals surface area contributed by atoms with Crippen LogP contribution in [0.3, 0.4) is 0 Å². The highest BCUT2D eigenvalue weighted by Crippen LogP contribution is 2.59. The smallest absolute Gasteiger partial charge is 0.340 e. The minimum Gasteiger partial charge on any atom is -0.465 e. The van der Waals surface area contributed by atoms with Gasteiger partial charge in [0, 0.05) is 18.3 Å². The van der Waals surface area contributed by atoms with Gasteiger partial charge in [0.15, 0.2) is 0 Å². The zero-order chi connectivity index (χ0) is 22.5. The van der Waals surface area contributed by atoms with Crippen LogP contribution in [-0.4, -0.2) is 30.5 Å². The molecule has 7 heteroatoms. The summed E-state index contributed by atoms with van der Waals surface area (Å²) in [6, 6.07) is 6.59. The predicted molar refractivity (Wildman–Crippen MR) is 124 cm³/mol. The van der Waals surface area contributed by atoms with E-state index >= 15 is 0 Å². The zero-order valence-electron chi connectivity index (χ0n) is 18.0. The SMILES string of the molecule is COC(=O)c1cc(Cl)cnc1-c1ccc(Cl)c(C(=O)NCC23CC4CC(CC(C4)C2)C3)c1. The van der Waals surface area contributed by atoms with E-state index in [1.54, 1.807) is 18.2 Å². The fourth-order valence-electron chi connectivity index (χ4n) is 6.65. The quantitative estimate of drug-likeness (QED) is 0.559. The molecule has 4 bridgehead atoms. The maximum atomic E-state index is 13.1. The summed E-state index contributed by atoms with van der Waals surface area (Å²) < 4.78 is 4.87. The number of nitrogens with one attached hydrogen (secondary N) is 1. The summed E-state index contributed by atoms with van der Waals surface area (Å²) in [6.45, 7) is 0.697. The van der Waals surface area contributed by atoms with Crippen LogP contribution in [-0.2, 0) is 4.74 Å².